The van der Waals surface area contributed by atoms with Gasteiger partial charge < -0.3 is 4.74 Å². The van der Waals surface area contributed by atoms with E-state index in [2.05, 4.69) is 15.5 Å². The Morgan fingerprint density at radius 3 is 2.62 bits per heavy atom. The molecule has 0 fully saturated rings. The predicted molar refractivity (Wildman–Crippen MR) is 87.3 cm³/mol. The lowest BCUT2D eigenvalue weighted by Crippen LogP contribution is -2.20. The molecular weight excluding hydrogens is 309 g/mol. The van der Waals surface area contributed by atoms with Crippen LogP contribution in [0.1, 0.15) is 11.4 Å². The molecule has 2 aromatic carbocycles. The van der Waals surface area contributed by atoms with E-state index in [-0.39, 0.29) is 11.6 Å². The number of benzene rings is 2. The summed E-state index contributed by atoms with van der Waals surface area (Å²) in [7, 11) is 3.39. The summed E-state index contributed by atoms with van der Waals surface area (Å²) < 4.78 is 20.4. The minimum absolute atomic E-state index is 0.245. The summed E-state index contributed by atoms with van der Waals surface area (Å²) in [6, 6.07) is 14.7. The summed E-state index contributed by atoms with van der Waals surface area (Å²) in [6.07, 6.45) is 0. The van der Waals surface area contributed by atoms with Gasteiger partial charge in [-0.05, 0) is 47.3 Å². The van der Waals surface area contributed by atoms with Crippen LogP contribution in [-0.2, 0) is 13.1 Å². The first kappa shape index (κ1) is 16.1. The number of para-hydroxylation sites is 1. The summed E-state index contributed by atoms with van der Waals surface area (Å²) in [5.74, 6) is 0.602. The fraction of sp³-hybridized carbons (Fsp3) is 0.235. The molecule has 0 radical (unpaired) electrons. The first-order valence-electron chi connectivity index (χ1n) is 7.51. The zero-order valence-corrected chi connectivity index (χ0v) is 13.6. The third kappa shape index (κ3) is 3.57. The molecule has 0 saturated carbocycles. The number of halogens is 1. The molecule has 124 valence electrons. The molecule has 0 aliphatic rings. The lowest BCUT2D eigenvalue weighted by molar-refractivity contribution is 0.306. The maximum absolute atomic E-state index is 13.8. The molecule has 0 N–H and O–H groups in total. The van der Waals surface area contributed by atoms with Crippen LogP contribution in [0, 0.1) is 5.82 Å². The Morgan fingerprint density at radius 1 is 1.12 bits per heavy atom. The van der Waals surface area contributed by atoms with Gasteiger partial charge in [0.25, 0.3) is 0 Å². The van der Waals surface area contributed by atoms with Gasteiger partial charge in [0.15, 0.2) is 17.4 Å². The van der Waals surface area contributed by atoms with Crippen molar-refractivity contribution in [1.82, 2.24) is 25.1 Å². The van der Waals surface area contributed by atoms with Gasteiger partial charge >= 0.3 is 0 Å². The van der Waals surface area contributed by atoms with Crippen molar-refractivity contribution in [2.24, 2.45) is 0 Å². The van der Waals surface area contributed by atoms with Crippen LogP contribution < -0.4 is 4.74 Å². The molecule has 0 aliphatic carbocycles. The predicted octanol–water partition coefficient (Wildman–Crippen LogP) is 2.44. The second-order valence-electron chi connectivity index (χ2n) is 5.48. The minimum atomic E-state index is -0.363. The van der Waals surface area contributed by atoms with Crippen LogP contribution in [0.3, 0.4) is 0 Å². The maximum atomic E-state index is 13.8. The highest BCUT2D eigenvalue weighted by molar-refractivity contribution is 5.31. The van der Waals surface area contributed by atoms with E-state index < -0.39 is 0 Å². The Balaban J connectivity index is 1.71. The molecule has 0 unspecified atom stereocenters. The molecular formula is C17H18FN5O. The standard InChI is InChI=1S/C17H18FN5O/c1-22(11-13-8-9-16(24-2)15(18)10-13)12-17-19-20-21-23(17)14-6-4-3-5-7-14/h3-10H,11-12H2,1-2H3. The zero-order valence-electron chi connectivity index (χ0n) is 13.6. The number of ether oxygens (including phenoxy) is 1. The Morgan fingerprint density at radius 2 is 1.92 bits per heavy atom. The SMILES string of the molecule is COc1ccc(CN(C)Cc2nnnn2-c2ccccc2)cc1F. The fourth-order valence-corrected chi connectivity index (χ4v) is 2.49. The second-order valence-corrected chi connectivity index (χ2v) is 5.48. The van der Waals surface area contributed by atoms with Crippen LogP contribution in [0.4, 0.5) is 4.39 Å². The average Bonchev–Trinajstić information content (AvgIpc) is 3.04. The minimum Gasteiger partial charge on any atom is -0.494 e. The van der Waals surface area contributed by atoms with Crippen molar-refractivity contribution in [2.45, 2.75) is 13.1 Å². The van der Waals surface area contributed by atoms with E-state index in [0.29, 0.717) is 13.1 Å². The van der Waals surface area contributed by atoms with Gasteiger partial charge in [0.1, 0.15) is 0 Å². The van der Waals surface area contributed by atoms with Crippen LogP contribution in [-0.4, -0.2) is 39.3 Å². The summed E-state index contributed by atoms with van der Waals surface area (Å²) in [4.78, 5) is 2.02. The van der Waals surface area contributed by atoms with E-state index in [4.69, 9.17) is 4.74 Å². The molecule has 7 heteroatoms. The van der Waals surface area contributed by atoms with E-state index >= 15 is 0 Å². The smallest absolute Gasteiger partial charge is 0.170 e. The quantitative estimate of drug-likeness (QED) is 0.696. The molecule has 0 aliphatic heterocycles. The van der Waals surface area contributed by atoms with E-state index in [0.717, 1.165) is 17.1 Å². The molecule has 3 rings (SSSR count). The Labute approximate surface area is 139 Å². The largest absolute Gasteiger partial charge is 0.494 e. The van der Waals surface area contributed by atoms with Gasteiger partial charge in [-0.3, -0.25) is 4.90 Å². The molecule has 1 heterocycles. The molecule has 0 atom stereocenters. The van der Waals surface area contributed by atoms with Crippen molar-refractivity contribution in [3.05, 3.63) is 65.7 Å². The molecule has 3 aromatic rings. The van der Waals surface area contributed by atoms with Gasteiger partial charge in [-0.1, -0.05) is 24.3 Å². The van der Waals surface area contributed by atoms with E-state index in [1.807, 2.05) is 48.3 Å². The maximum Gasteiger partial charge on any atom is 0.170 e. The zero-order chi connectivity index (χ0) is 16.9. The monoisotopic (exact) mass is 327 g/mol. The first-order valence-corrected chi connectivity index (χ1v) is 7.51. The molecule has 24 heavy (non-hydrogen) atoms. The second kappa shape index (κ2) is 7.18. The van der Waals surface area contributed by atoms with Crippen LogP contribution in [0.25, 0.3) is 5.69 Å². The normalized spacial score (nSPS) is 11.0. The van der Waals surface area contributed by atoms with Gasteiger partial charge in [-0.2, -0.15) is 4.68 Å². The van der Waals surface area contributed by atoms with Crippen LogP contribution in [0.5, 0.6) is 5.75 Å². The summed E-state index contributed by atoms with van der Waals surface area (Å²) in [5, 5.41) is 11.9. The molecule has 0 saturated heterocycles. The Hall–Kier alpha value is -2.80. The number of hydrogen-bond acceptors (Lipinski definition) is 5. The van der Waals surface area contributed by atoms with Crippen molar-refractivity contribution in [3.63, 3.8) is 0 Å². The Bertz CT molecular complexity index is 806. The Kier molecular flexibility index (Phi) is 4.81. The lowest BCUT2D eigenvalue weighted by Gasteiger charge is -2.16. The number of aromatic nitrogens is 4. The first-order chi connectivity index (χ1) is 11.7. The van der Waals surface area contributed by atoms with Gasteiger partial charge in [0.05, 0.1) is 19.3 Å². The summed E-state index contributed by atoms with van der Waals surface area (Å²) >= 11 is 0. The number of rotatable bonds is 6. The van der Waals surface area contributed by atoms with Crippen molar-refractivity contribution in [2.75, 3.05) is 14.2 Å². The summed E-state index contributed by atoms with van der Waals surface area (Å²) in [6.45, 7) is 1.11. The lowest BCUT2D eigenvalue weighted by atomic mass is 10.2. The number of methoxy groups -OCH3 is 1. The van der Waals surface area contributed by atoms with E-state index in [1.165, 1.54) is 13.2 Å². The summed E-state index contributed by atoms with van der Waals surface area (Å²) in [5.41, 5.74) is 1.76. The van der Waals surface area contributed by atoms with Gasteiger partial charge in [-0.25, -0.2) is 4.39 Å². The molecule has 1 aromatic heterocycles. The van der Waals surface area contributed by atoms with Crippen molar-refractivity contribution in [3.8, 4) is 11.4 Å². The third-order valence-corrected chi connectivity index (χ3v) is 3.61. The van der Waals surface area contributed by atoms with Crippen molar-refractivity contribution >= 4 is 0 Å². The fourth-order valence-electron chi connectivity index (χ4n) is 2.49. The molecule has 0 spiro atoms. The highest BCUT2D eigenvalue weighted by Crippen LogP contribution is 2.19. The van der Waals surface area contributed by atoms with E-state index in [1.54, 1.807) is 10.7 Å². The van der Waals surface area contributed by atoms with Crippen molar-refractivity contribution in [1.29, 1.82) is 0 Å². The topological polar surface area (TPSA) is 56.1 Å². The highest BCUT2D eigenvalue weighted by atomic mass is 19.1. The van der Waals surface area contributed by atoms with Crippen LogP contribution in [0.15, 0.2) is 48.5 Å². The highest BCUT2D eigenvalue weighted by Gasteiger charge is 2.12. The van der Waals surface area contributed by atoms with Gasteiger partial charge in [-0.15, -0.1) is 5.10 Å². The average molecular weight is 327 g/mol. The van der Waals surface area contributed by atoms with Crippen molar-refractivity contribution < 1.29 is 9.13 Å². The van der Waals surface area contributed by atoms with Gasteiger partial charge in [0.2, 0.25) is 0 Å². The van der Waals surface area contributed by atoms with Crippen LogP contribution in [0.2, 0.25) is 0 Å². The van der Waals surface area contributed by atoms with Gasteiger partial charge in [0, 0.05) is 6.54 Å². The number of tetrazole rings is 1. The molecule has 0 bridgehead atoms. The molecule has 6 nitrogen and oxygen atoms in total. The molecule has 0 amide bonds. The van der Waals surface area contributed by atoms with E-state index in [9.17, 15) is 4.39 Å². The third-order valence-electron chi connectivity index (χ3n) is 3.61. The number of hydrogen-bond donors (Lipinski definition) is 0. The van der Waals surface area contributed by atoms with Crippen LogP contribution >= 0.6 is 0 Å². The number of nitrogens with zero attached hydrogens (tertiary/aromatic N) is 5.